The quantitative estimate of drug-likeness (QED) is 0.819. The summed E-state index contributed by atoms with van der Waals surface area (Å²) in [5.41, 5.74) is 3.77. The van der Waals surface area contributed by atoms with Crippen molar-refractivity contribution in [3.63, 3.8) is 0 Å². The van der Waals surface area contributed by atoms with E-state index in [-0.39, 0.29) is 18.2 Å². The number of H-pyrrole nitrogens is 1. The number of aromatic amines is 1. The number of nitrogens with one attached hydrogen (secondary N) is 2. The Morgan fingerprint density at radius 1 is 1.38 bits per heavy atom. The van der Waals surface area contributed by atoms with Gasteiger partial charge in [-0.25, -0.2) is 13.1 Å². The molecule has 0 aliphatic carbocycles. The first-order valence-corrected chi connectivity index (χ1v) is 9.83. The summed E-state index contributed by atoms with van der Waals surface area (Å²) >= 11 is 0. The highest BCUT2D eigenvalue weighted by molar-refractivity contribution is 7.89. The summed E-state index contributed by atoms with van der Waals surface area (Å²) in [6.45, 7) is 2.26. The molecule has 3 rings (SSSR count). The smallest absolute Gasteiger partial charge is 0.211 e. The van der Waals surface area contributed by atoms with E-state index in [1.54, 1.807) is 0 Å². The van der Waals surface area contributed by atoms with Crippen LogP contribution < -0.4 is 4.72 Å². The zero-order chi connectivity index (χ0) is 16.4. The molecule has 2 N–H and O–H groups in total. The topological polar surface area (TPSA) is 65.2 Å². The first-order chi connectivity index (χ1) is 11.0. The second kappa shape index (κ2) is 7.87. The SMILES string of the molecule is CNS(=O)(=O)CCCc1ccc2[nH]cc(C3CCN(C)C3)c2c1.Cl. The maximum absolute atomic E-state index is 11.5. The first-order valence-electron chi connectivity index (χ1n) is 8.18. The van der Waals surface area contributed by atoms with E-state index in [9.17, 15) is 8.42 Å². The molecule has 2 heterocycles. The lowest BCUT2D eigenvalue weighted by Crippen LogP contribution is -2.22. The summed E-state index contributed by atoms with van der Waals surface area (Å²) in [7, 11) is 0.523. The monoisotopic (exact) mass is 371 g/mol. The molecule has 1 aromatic heterocycles. The van der Waals surface area contributed by atoms with E-state index in [1.165, 1.54) is 35.5 Å². The summed E-state index contributed by atoms with van der Waals surface area (Å²) in [6.07, 6.45) is 4.77. The normalized spacial score (nSPS) is 18.8. The number of aryl methyl sites for hydroxylation is 1. The van der Waals surface area contributed by atoms with Crippen molar-refractivity contribution < 1.29 is 8.42 Å². The van der Waals surface area contributed by atoms with Gasteiger partial charge >= 0.3 is 0 Å². The van der Waals surface area contributed by atoms with Crippen molar-refractivity contribution in [1.82, 2.24) is 14.6 Å². The Balaban J connectivity index is 0.00000208. The Morgan fingerprint density at radius 2 is 2.17 bits per heavy atom. The van der Waals surface area contributed by atoms with E-state index in [0.29, 0.717) is 12.3 Å². The Hall–Kier alpha value is -1.08. The van der Waals surface area contributed by atoms with Crippen molar-refractivity contribution in [3.05, 3.63) is 35.5 Å². The summed E-state index contributed by atoms with van der Waals surface area (Å²) in [5.74, 6) is 0.767. The molecule has 1 atom stereocenters. The van der Waals surface area contributed by atoms with Crippen LogP contribution in [0, 0.1) is 0 Å². The predicted molar refractivity (Wildman–Crippen MR) is 102 cm³/mol. The van der Waals surface area contributed by atoms with E-state index in [2.05, 4.69) is 46.0 Å². The van der Waals surface area contributed by atoms with Gasteiger partial charge in [-0.3, -0.25) is 0 Å². The van der Waals surface area contributed by atoms with Gasteiger partial charge in [-0.1, -0.05) is 6.07 Å². The lowest BCUT2D eigenvalue weighted by molar-refractivity contribution is 0.412. The number of likely N-dealkylation sites (tertiary alicyclic amines) is 1. The molecule has 7 heteroatoms. The highest BCUT2D eigenvalue weighted by atomic mass is 35.5. The van der Waals surface area contributed by atoms with Gasteiger partial charge in [0.1, 0.15) is 0 Å². The van der Waals surface area contributed by atoms with E-state index in [0.717, 1.165) is 19.5 Å². The zero-order valence-corrected chi connectivity index (χ0v) is 15.8. The van der Waals surface area contributed by atoms with Crippen molar-refractivity contribution in [2.75, 3.05) is 32.9 Å². The second-order valence-corrected chi connectivity index (χ2v) is 8.54. The van der Waals surface area contributed by atoms with Gasteiger partial charge in [-0.2, -0.15) is 0 Å². The number of likely N-dealkylation sites (N-methyl/N-ethyl adjacent to an activating group) is 1. The fourth-order valence-electron chi connectivity index (χ4n) is 3.44. The van der Waals surface area contributed by atoms with Crippen LogP contribution >= 0.6 is 12.4 Å². The van der Waals surface area contributed by atoms with Gasteiger partial charge in [0.15, 0.2) is 0 Å². The zero-order valence-electron chi connectivity index (χ0n) is 14.2. The van der Waals surface area contributed by atoms with Crippen molar-refractivity contribution in [2.24, 2.45) is 0 Å². The Bertz CT molecular complexity index is 788. The van der Waals surface area contributed by atoms with Gasteiger partial charge in [0, 0.05) is 23.6 Å². The third-order valence-corrected chi connectivity index (χ3v) is 6.25. The minimum Gasteiger partial charge on any atom is -0.361 e. The average molecular weight is 372 g/mol. The molecule has 5 nitrogen and oxygen atoms in total. The number of rotatable bonds is 6. The van der Waals surface area contributed by atoms with Gasteiger partial charge in [0.05, 0.1) is 5.75 Å². The number of aromatic nitrogens is 1. The summed E-state index contributed by atoms with van der Waals surface area (Å²) in [5, 5.41) is 1.29. The van der Waals surface area contributed by atoms with Gasteiger partial charge < -0.3 is 9.88 Å². The standard InChI is InChI=1S/C17H25N3O2S.ClH/c1-18-23(21,22)9-3-4-13-5-6-17-15(10-13)16(11-19-17)14-7-8-20(2)12-14;/h5-6,10-11,14,18-19H,3-4,7-9,12H2,1-2H3;1H. The lowest BCUT2D eigenvalue weighted by Gasteiger charge is -2.10. The van der Waals surface area contributed by atoms with Crippen LogP contribution in [0.3, 0.4) is 0 Å². The fourth-order valence-corrected chi connectivity index (χ4v) is 4.17. The molecular weight excluding hydrogens is 346 g/mol. The number of sulfonamides is 1. The van der Waals surface area contributed by atoms with Crippen LogP contribution in [0.15, 0.2) is 24.4 Å². The first kappa shape index (κ1) is 19.2. The number of hydrogen-bond acceptors (Lipinski definition) is 3. The molecule has 1 saturated heterocycles. The van der Waals surface area contributed by atoms with E-state index < -0.39 is 10.0 Å². The highest BCUT2D eigenvalue weighted by Crippen LogP contribution is 2.32. The molecule has 2 aromatic rings. The fraction of sp³-hybridized carbons (Fsp3) is 0.529. The molecule has 0 radical (unpaired) electrons. The third-order valence-electron chi connectivity index (χ3n) is 4.80. The molecule has 1 aliphatic rings. The van der Waals surface area contributed by atoms with Gasteiger partial charge in [-0.15, -0.1) is 12.4 Å². The molecule has 1 unspecified atom stereocenters. The number of benzene rings is 1. The molecule has 1 fully saturated rings. The minimum atomic E-state index is -3.11. The Labute approximate surface area is 150 Å². The highest BCUT2D eigenvalue weighted by Gasteiger charge is 2.23. The largest absolute Gasteiger partial charge is 0.361 e. The van der Waals surface area contributed by atoms with Crippen LogP contribution in [0.5, 0.6) is 0 Å². The maximum Gasteiger partial charge on any atom is 0.211 e. The molecule has 0 bridgehead atoms. The molecule has 0 amide bonds. The molecule has 0 spiro atoms. The van der Waals surface area contributed by atoms with Gasteiger partial charge in [0.25, 0.3) is 0 Å². The second-order valence-electron chi connectivity index (χ2n) is 6.50. The Morgan fingerprint density at radius 3 is 2.83 bits per heavy atom. The van der Waals surface area contributed by atoms with Crippen LogP contribution in [0.25, 0.3) is 10.9 Å². The van der Waals surface area contributed by atoms with Crippen molar-refractivity contribution >= 4 is 33.3 Å². The van der Waals surface area contributed by atoms with E-state index >= 15 is 0 Å². The number of halogens is 1. The van der Waals surface area contributed by atoms with Gasteiger partial charge in [0.2, 0.25) is 10.0 Å². The van der Waals surface area contributed by atoms with E-state index in [1.807, 2.05) is 0 Å². The molecule has 0 saturated carbocycles. The summed E-state index contributed by atoms with van der Waals surface area (Å²) in [6, 6.07) is 6.43. The third kappa shape index (κ3) is 4.30. The lowest BCUT2D eigenvalue weighted by atomic mass is 9.96. The average Bonchev–Trinajstić information content (AvgIpc) is 3.12. The number of fused-ring (bicyclic) bond motifs is 1. The summed E-state index contributed by atoms with van der Waals surface area (Å²) in [4.78, 5) is 5.74. The van der Waals surface area contributed by atoms with Crippen molar-refractivity contribution in [3.8, 4) is 0 Å². The maximum atomic E-state index is 11.5. The van der Waals surface area contributed by atoms with Crippen LogP contribution in [0.2, 0.25) is 0 Å². The molecule has 1 aliphatic heterocycles. The van der Waals surface area contributed by atoms with E-state index in [4.69, 9.17) is 0 Å². The van der Waals surface area contributed by atoms with Crippen LogP contribution in [-0.4, -0.2) is 51.2 Å². The predicted octanol–water partition coefficient (Wildman–Crippen LogP) is 2.49. The van der Waals surface area contributed by atoms with Crippen LogP contribution in [0.4, 0.5) is 0 Å². The molecular formula is C17H26ClN3O2S. The minimum absolute atomic E-state index is 0. The molecule has 24 heavy (non-hydrogen) atoms. The van der Waals surface area contributed by atoms with Crippen LogP contribution in [0.1, 0.15) is 29.9 Å². The molecule has 134 valence electrons. The summed E-state index contributed by atoms with van der Waals surface area (Å²) < 4.78 is 25.4. The number of hydrogen-bond donors (Lipinski definition) is 2. The van der Waals surface area contributed by atoms with Gasteiger partial charge in [-0.05, 0) is 69.1 Å². The Kier molecular flexibility index (Phi) is 6.31. The number of nitrogens with zero attached hydrogens (tertiary/aromatic N) is 1. The van der Waals surface area contributed by atoms with Crippen LogP contribution in [-0.2, 0) is 16.4 Å². The van der Waals surface area contributed by atoms with Crippen molar-refractivity contribution in [1.29, 1.82) is 0 Å². The van der Waals surface area contributed by atoms with Crippen molar-refractivity contribution in [2.45, 2.75) is 25.2 Å². The molecule has 1 aromatic carbocycles.